The third-order valence-corrected chi connectivity index (χ3v) is 13.9. The Morgan fingerprint density at radius 3 is 1.50 bits per heavy atom. The summed E-state index contributed by atoms with van der Waals surface area (Å²) in [5.74, 6) is 14.8. The van der Waals surface area contributed by atoms with Gasteiger partial charge in [-0.3, -0.25) is 0 Å². The van der Waals surface area contributed by atoms with Crippen molar-refractivity contribution >= 4 is 0 Å². The minimum absolute atomic E-state index is 0.176. The second kappa shape index (κ2) is 11.3. The van der Waals surface area contributed by atoms with Gasteiger partial charge in [-0.2, -0.15) is 0 Å². The zero-order chi connectivity index (χ0) is 33.1. The average molecular weight is 659 g/mol. The molecule has 2 unspecified atom stereocenters. The van der Waals surface area contributed by atoms with E-state index in [4.69, 9.17) is 38.5 Å². The van der Waals surface area contributed by atoms with E-state index in [-0.39, 0.29) is 35.9 Å². The highest BCUT2D eigenvalue weighted by Crippen LogP contribution is 2.62. The summed E-state index contributed by atoms with van der Waals surface area (Å²) in [6.45, 7) is 13.1. The smallest absolute Gasteiger partial charge is 0.201 e. The van der Waals surface area contributed by atoms with Crippen molar-refractivity contribution in [2.45, 2.75) is 140 Å². The van der Waals surface area contributed by atoms with E-state index in [9.17, 15) is 0 Å². The lowest BCUT2D eigenvalue weighted by Crippen LogP contribution is -2.70. The van der Waals surface area contributed by atoms with Crippen molar-refractivity contribution in [3.05, 3.63) is 35.4 Å². The van der Waals surface area contributed by atoms with Gasteiger partial charge in [0, 0.05) is 35.8 Å². The molecule has 8 nitrogen and oxygen atoms in total. The van der Waals surface area contributed by atoms with Crippen molar-refractivity contribution in [1.82, 2.24) is 0 Å². The van der Waals surface area contributed by atoms with Crippen LogP contribution in [0.5, 0.6) is 0 Å². The van der Waals surface area contributed by atoms with Crippen molar-refractivity contribution in [1.29, 1.82) is 0 Å². The molecule has 48 heavy (non-hydrogen) atoms. The summed E-state index contributed by atoms with van der Waals surface area (Å²) in [5, 5.41) is 0. The molecule has 8 saturated heterocycles. The second-order valence-electron chi connectivity index (χ2n) is 16.8. The molecule has 10 fully saturated rings. The molecule has 11 rings (SSSR count). The standard InChI is InChI=1S/C40H50O8/c1-23-10-14-31-25(3)33(41-35-39(31)29(23)18-20-37(5,43-35)45-47-39)16-12-27-8-7-9-28(22-27)13-17-34-26(4)32-15-11-24(2)30-19-21-38(6)44-36(42-34)40(30,32)48-46-38/h7-9,22-26,29-36H,10-11,14-15,18-21H2,1-6H3/t23-,24-,25?,26?,29+,30+,31+,32+,33-,34-,35-,36-,37-,38-,39-,40-/m1/s1. The van der Waals surface area contributed by atoms with Crippen LogP contribution in [-0.4, -0.2) is 47.6 Å². The summed E-state index contributed by atoms with van der Waals surface area (Å²) in [7, 11) is 0. The van der Waals surface area contributed by atoms with Gasteiger partial charge in [0.1, 0.15) is 12.2 Å². The molecule has 2 saturated carbocycles. The predicted octanol–water partition coefficient (Wildman–Crippen LogP) is 6.89. The Labute approximate surface area is 285 Å². The summed E-state index contributed by atoms with van der Waals surface area (Å²) in [6.07, 6.45) is 6.58. The van der Waals surface area contributed by atoms with Gasteiger partial charge in [0.2, 0.25) is 11.6 Å². The lowest BCUT2D eigenvalue weighted by atomic mass is 9.57. The van der Waals surface area contributed by atoms with Crippen molar-refractivity contribution in [2.75, 3.05) is 0 Å². The van der Waals surface area contributed by atoms with Crippen LogP contribution in [0, 0.1) is 71.0 Å². The highest BCUT2D eigenvalue weighted by atomic mass is 17.3. The number of hydrogen-bond acceptors (Lipinski definition) is 8. The van der Waals surface area contributed by atoms with Gasteiger partial charge in [0.25, 0.3) is 0 Å². The van der Waals surface area contributed by atoms with Crippen LogP contribution in [0.1, 0.15) is 104 Å². The van der Waals surface area contributed by atoms with E-state index in [1.807, 2.05) is 32.0 Å². The largest absolute Gasteiger partial charge is 0.333 e. The van der Waals surface area contributed by atoms with Crippen molar-refractivity contribution in [3.8, 4) is 23.7 Å². The van der Waals surface area contributed by atoms with Crippen LogP contribution in [0.2, 0.25) is 0 Å². The minimum atomic E-state index is -0.791. The Morgan fingerprint density at radius 2 is 1.04 bits per heavy atom. The molecule has 2 aliphatic carbocycles. The molecule has 4 bridgehead atoms. The Morgan fingerprint density at radius 1 is 0.583 bits per heavy atom. The summed E-state index contributed by atoms with van der Waals surface area (Å²) in [6, 6.07) is 8.15. The maximum atomic E-state index is 6.69. The van der Waals surface area contributed by atoms with E-state index in [1.54, 1.807) is 0 Å². The van der Waals surface area contributed by atoms with Gasteiger partial charge in [0.05, 0.1) is 0 Å². The van der Waals surface area contributed by atoms with E-state index in [1.165, 1.54) is 12.8 Å². The first-order valence-electron chi connectivity index (χ1n) is 18.6. The zero-order valence-corrected chi connectivity index (χ0v) is 29.2. The number of hydrogen-bond donors (Lipinski definition) is 0. The molecule has 0 aromatic heterocycles. The highest BCUT2D eigenvalue weighted by molar-refractivity contribution is 5.44. The molecule has 1 aromatic rings. The fourth-order valence-electron chi connectivity index (χ4n) is 11.1. The van der Waals surface area contributed by atoms with Gasteiger partial charge in [-0.25, -0.2) is 19.6 Å². The lowest BCUT2D eigenvalue weighted by Gasteiger charge is -2.59. The molecule has 2 spiro atoms. The topological polar surface area (TPSA) is 73.8 Å². The summed E-state index contributed by atoms with van der Waals surface area (Å²) < 4.78 is 26.4. The van der Waals surface area contributed by atoms with Gasteiger partial charge in [-0.05, 0) is 106 Å². The molecule has 16 atom stereocenters. The Bertz CT molecular complexity index is 1460. The molecule has 0 radical (unpaired) electrons. The minimum Gasteiger partial charge on any atom is -0.333 e. The normalized spacial score (nSPS) is 53.1. The van der Waals surface area contributed by atoms with Crippen molar-refractivity contribution in [3.63, 3.8) is 0 Å². The molecular weight excluding hydrogens is 608 g/mol. The molecule has 8 heteroatoms. The van der Waals surface area contributed by atoms with Crippen molar-refractivity contribution in [2.24, 2.45) is 47.3 Å². The molecule has 8 heterocycles. The first-order chi connectivity index (χ1) is 23.0. The third-order valence-electron chi connectivity index (χ3n) is 13.9. The SMILES string of the molecule is CC1[C@@H](C#Cc2cccc(C#C[C@H]3O[C@@H]4O[C@@]5(C)CC[C@H]6[C@H](C)CC[C@@H](C3C)[C@@]46OO5)c2)O[C@@H]2O[C@@]3(C)CC[C@H]4[C@H](C)CC[C@@H]1[C@@]24OO3. The average Bonchev–Trinajstić information content (AvgIpc) is 3.45. The number of ether oxygens (including phenoxy) is 4. The summed E-state index contributed by atoms with van der Waals surface area (Å²) in [4.78, 5) is 24.6. The molecule has 8 aliphatic heterocycles. The van der Waals surface area contributed by atoms with E-state index < -0.39 is 35.4 Å². The van der Waals surface area contributed by atoms with Crippen LogP contribution in [0.4, 0.5) is 0 Å². The quantitative estimate of drug-likeness (QED) is 0.221. The molecule has 0 N–H and O–H groups in total. The van der Waals surface area contributed by atoms with Crippen LogP contribution in [0.25, 0.3) is 0 Å². The zero-order valence-electron chi connectivity index (χ0n) is 29.2. The van der Waals surface area contributed by atoms with Gasteiger partial charge in [-0.1, -0.05) is 57.4 Å². The number of rotatable bonds is 0. The van der Waals surface area contributed by atoms with Crippen LogP contribution in [0.15, 0.2) is 24.3 Å². The van der Waals surface area contributed by atoms with Crippen LogP contribution >= 0.6 is 0 Å². The van der Waals surface area contributed by atoms with E-state index >= 15 is 0 Å². The first kappa shape index (κ1) is 32.0. The van der Waals surface area contributed by atoms with Crippen LogP contribution in [-0.2, 0) is 38.5 Å². The predicted molar refractivity (Wildman–Crippen MR) is 174 cm³/mol. The van der Waals surface area contributed by atoms with E-state index in [0.717, 1.165) is 49.7 Å². The summed E-state index contributed by atoms with van der Waals surface area (Å²) >= 11 is 0. The van der Waals surface area contributed by atoms with E-state index in [2.05, 4.69) is 57.4 Å². The highest BCUT2D eigenvalue weighted by Gasteiger charge is 2.70. The maximum Gasteiger partial charge on any atom is 0.201 e. The van der Waals surface area contributed by atoms with Gasteiger partial charge >= 0.3 is 0 Å². The monoisotopic (exact) mass is 658 g/mol. The molecule has 10 aliphatic rings. The van der Waals surface area contributed by atoms with Crippen LogP contribution in [0.3, 0.4) is 0 Å². The van der Waals surface area contributed by atoms with Crippen LogP contribution < -0.4 is 0 Å². The Hall–Kier alpha value is -1.98. The van der Waals surface area contributed by atoms with Gasteiger partial charge in [-0.15, -0.1) is 0 Å². The van der Waals surface area contributed by atoms with Gasteiger partial charge in [0.15, 0.2) is 23.8 Å². The van der Waals surface area contributed by atoms with Gasteiger partial charge < -0.3 is 18.9 Å². The third kappa shape index (κ3) is 4.67. The molecule has 0 amide bonds. The first-order valence-corrected chi connectivity index (χ1v) is 18.6. The Balaban J connectivity index is 0.950. The molecule has 1 aromatic carbocycles. The maximum absolute atomic E-state index is 6.69. The number of benzene rings is 1. The lowest BCUT2D eigenvalue weighted by molar-refractivity contribution is -0.569. The Kier molecular flexibility index (Phi) is 7.50. The number of fused-ring (bicyclic) bond motifs is 4. The molecular formula is C40H50O8. The second-order valence-corrected chi connectivity index (χ2v) is 16.8. The molecule has 258 valence electrons. The fraction of sp³-hybridized carbons (Fsp3) is 0.750. The van der Waals surface area contributed by atoms with Crippen molar-refractivity contribution < 1.29 is 38.5 Å². The summed E-state index contributed by atoms with van der Waals surface area (Å²) in [5.41, 5.74) is 0.666. The van der Waals surface area contributed by atoms with E-state index in [0.29, 0.717) is 23.7 Å². The fourth-order valence-corrected chi connectivity index (χ4v) is 11.1.